The smallest absolute Gasteiger partial charge is 0.325 e. The molecule has 130 valence electrons. The normalized spacial score (nSPS) is 10.0. The van der Waals surface area contributed by atoms with Gasteiger partial charge in [-0.1, -0.05) is 39.7 Å². The summed E-state index contributed by atoms with van der Waals surface area (Å²) >= 11 is 3.30. The number of esters is 1. The first kappa shape index (κ1) is 18.7. The van der Waals surface area contributed by atoms with E-state index < -0.39 is 18.5 Å². The second kappa shape index (κ2) is 8.98. The fraction of sp³-hybridized carbons (Fsp3) is 0.167. The van der Waals surface area contributed by atoms with Crippen molar-refractivity contribution in [1.82, 2.24) is 5.32 Å². The summed E-state index contributed by atoms with van der Waals surface area (Å²) in [6, 6.07) is 14.0. The van der Waals surface area contributed by atoms with E-state index in [1.54, 1.807) is 36.4 Å². The van der Waals surface area contributed by atoms with Gasteiger partial charge in [-0.15, -0.1) is 0 Å². The molecule has 6 nitrogen and oxygen atoms in total. The predicted octanol–water partition coefficient (Wildman–Crippen LogP) is 2.67. The zero-order valence-corrected chi connectivity index (χ0v) is 15.1. The molecule has 0 aromatic heterocycles. The molecule has 0 heterocycles. The monoisotopic (exact) mass is 404 g/mol. The molecule has 0 saturated carbocycles. The highest BCUT2D eigenvalue weighted by atomic mass is 79.9. The molecule has 2 aromatic rings. The maximum Gasteiger partial charge on any atom is 0.325 e. The van der Waals surface area contributed by atoms with Crippen LogP contribution < -0.4 is 10.6 Å². The van der Waals surface area contributed by atoms with Gasteiger partial charge < -0.3 is 15.4 Å². The molecule has 0 fully saturated rings. The highest BCUT2D eigenvalue weighted by molar-refractivity contribution is 9.10. The number of hydrogen-bond acceptors (Lipinski definition) is 4. The zero-order valence-electron chi connectivity index (χ0n) is 13.5. The van der Waals surface area contributed by atoms with Gasteiger partial charge in [0.2, 0.25) is 0 Å². The number of carbonyl (C=O) groups is 3. The Balaban J connectivity index is 1.73. The van der Waals surface area contributed by atoms with Gasteiger partial charge in [-0.2, -0.15) is 0 Å². The summed E-state index contributed by atoms with van der Waals surface area (Å²) in [6.07, 6.45) is 0. The van der Waals surface area contributed by atoms with Crippen molar-refractivity contribution in [1.29, 1.82) is 0 Å². The first-order chi connectivity index (χ1) is 11.9. The van der Waals surface area contributed by atoms with E-state index >= 15 is 0 Å². The van der Waals surface area contributed by atoms with Gasteiger partial charge in [0.25, 0.3) is 11.8 Å². The van der Waals surface area contributed by atoms with E-state index in [0.29, 0.717) is 11.3 Å². The highest BCUT2D eigenvalue weighted by Gasteiger charge is 2.11. The first-order valence-electron chi connectivity index (χ1n) is 7.50. The lowest BCUT2D eigenvalue weighted by Gasteiger charge is -2.08. The average molecular weight is 405 g/mol. The Hall–Kier alpha value is -2.67. The lowest BCUT2D eigenvalue weighted by atomic mass is 10.1. The molecule has 0 aliphatic heterocycles. The van der Waals surface area contributed by atoms with Crippen LogP contribution in [0.1, 0.15) is 15.9 Å². The molecule has 0 radical (unpaired) electrons. The number of anilines is 1. The van der Waals surface area contributed by atoms with Gasteiger partial charge in [-0.25, -0.2) is 0 Å². The van der Waals surface area contributed by atoms with E-state index in [9.17, 15) is 14.4 Å². The van der Waals surface area contributed by atoms with Gasteiger partial charge in [0.15, 0.2) is 6.61 Å². The predicted molar refractivity (Wildman–Crippen MR) is 97.2 cm³/mol. The minimum atomic E-state index is -0.689. The Labute approximate surface area is 153 Å². The van der Waals surface area contributed by atoms with Crippen molar-refractivity contribution in [2.75, 3.05) is 18.5 Å². The van der Waals surface area contributed by atoms with Crippen LogP contribution in [0.3, 0.4) is 0 Å². The van der Waals surface area contributed by atoms with Crippen molar-refractivity contribution in [2.45, 2.75) is 6.92 Å². The van der Waals surface area contributed by atoms with Crippen LogP contribution in [-0.2, 0) is 14.3 Å². The third kappa shape index (κ3) is 6.39. The molecular weight excluding hydrogens is 388 g/mol. The van der Waals surface area contributed by atoms with Crippen LogP contribution >= 0.6 is 15.9 Å². The fourth-order valence-corrected chi connectivity index (χ4v) is 2.40. The number of amides is 2. The van der Waals surface area contributed by atoms with E-state index in [-0.39, 0.29) is 12.5 Å². The maximum absolute atomic E-state index is 11.9. The molecule has 0 saturated heterocycles. The van der Waals surface area contributed by atoms with Gasteiger partial charge in [-0.3, -0.25) is 14.4 Å². The van der Waals surface area contributed by atoms with Crippen LogP contribution in [0.5, 0.6) is 0 Å². The zero-order chi connectivity index (χ0) is 18.2. The highest BCUT2D eigenvalue weighted by Crippen LogP contribution is 2.15. The number of halogens is 1. The van der Waals surface area contributed by atoms with Crippen LogP contribution in [0.15, 0.2) is 53.0 Å². The standard InChI is InChI=1S/C18H17BrN2O4/c1-12-4-2-5-13(8-12)18(24)20-10-17(23)25-11-16(22)21-15-7-3-6-14(19)9-15/h2-9H,10-11H2,1H3,(H,20,24)(H,21,22). The lowest BCUT2D eigenvalue weighted by Crippen LogP contribution is -2.32. The van der Waals surface area contributed by atoms with E-state index in [1.807, 2.05) is 19.1 Å². The molecule has 2 rings (SSSR count). The SMILES string of the molecule is Cc1cccc(C(=O)NCC(=O)OCC(=O)Nc2cccc(Br)c2)c1. The molecule has 0 aliphatic rings. The number of benzene rings is 2. The number of aryl methyl sites for hydroxylation is 1. The van der Waals surface area contributed by atoms with Crippen LogP contribution in [0.25, 0.3) is 0 Å². The minimum absolute atomic E-state index is 0.309. The van der Waals surface area contributed by atoms with Crippen molar-refractivity contribution >= 4 is 39.4 Å². The van der Waals surface area contributed by atoms with Gasteiger partial charge in [0.05, 0.1) is 0 Å². The Kier molecular flexibility index (Phi) is 6.71. The van der Waals surface area contributed by atoms with Crippen LogP contribution in [0.2, 0.25) is 0 Å². The minimum Gasteiger partial charge on any atom is -0.454 e. The Morgan fingerprint density at radius 1 is 1.08 bits per heavy atom. The summed E-state index contributed by atoms with van der Waals surface area (Å²) in [5.74, 6) is -1.53. The third-order valence-corrected chi connectivity index (χ3v) is 3.64. The molecule has 0 aliphatic carbocycles. The Morgan fingerprint density at radius 3 is 2.56 bits per heavy atom. The summed E-state index contributed by atoms with van der Waals surface area (Å²) in [6.45, 7) is 1.14. The molecule has 7 heteroatoms. The van der Waals surface area contributed by atoms with Crippen molar-refractivity contribution in [2.24, 2.45) is 0 Å². The Morgan fingerprint density at radius 2 is 1.84 bits per heavy atom. The maximum atomic E-state index is 11.9. The van der Waals surface area contributed by atoms with Crippen molar-refractivity contribution in [3.63, 3.8) is 0 Å². The average Bonchev–Trinajstić information content (AvgIpc) is 2.58. The molecular formula is C18H17BrN2O4. The molecule has 25 heavy (non-hydrogen) atoms. The summed E-state index contributed by atoms with van der Waals surface area (Å²) in [7, 11) is 0. The number of hydrogen-bond donors (Lipinski definition) is 2. The second-order valence-corrected chi connectivity index (χ2v) is 6.19. The molecule has 2 aromatic carbocycles. The van der Waals surface area contributed by atoms with Crippen molar-refractivity contribution in [3.8, 4) is 0 Å². The van der Waals surface area contributed by atoms with Gasteiger partial charge >= 0.3 is 5.97 Å². The van der Waals surface area contributed by atoms with Gasteiger partial charge in [0.1, 0.15) is 6.54 Å². The summed E-state index contributed by atoms with van der Waals surface area (Å²) in [5.41, 5.74) is 1.99. The first-order valence-corrected chi connectivity index (χ1v) is 8.29. The second-order valence-electron chi connectivity index (χ2n) is 5.27. The van der Waals surface area contributed by atoms with E-state index in [2.05, 4.69) is 26.6 Å². The Bertz CT molecular complexity index is 792. The van der Waals surface area contributed by atoms with E-state index in [0.717, 1.165) is 10.0 Å². The quantitative estimate of drug-likeness (QED) is 0.724. The number of rotatable bonds is 6. The molecule has 0 unspecified atom stereocenters. The van der Waals surface area contributed by atoms with Crippen molar-refractivity contribution < 1.29 is 19.1 Å². The largest absolute Gasteiger partial charge is 0.454 e. The van der Waals surface area contributed by atoms with Crippen LogP contribution in [0, 0.1) is 6.92 Å². The van der Waals surface area contributed by atoms with Gasteiger partial charge in [-0.05, 0) is 37.3 Å². The van der Waals surface area contributed by atoms with E-state index in [1.165, 1.54) is 0 Å². The number of carbonyl (C=O) groups excluding carboxylic acids is 3. The summed E-state index contributed by atoms with van der Waals surface area (Å²) < 4.78 is 5.66. The molecule has 2 amide bonds. The molecule has 2 N–H and O–H groups in total. The summed E-state index contributed by atoms with van der Waals surface area (Å²) in [5, 5.41) is 5.06. The van der Waals surface area contributed by atoms with E-state index in [4.69, 9.17) is 4.74 Å². The summed E-state index contributed by atoms with van der Waals surface area (Å²) in [4.78, 5) is 35.3. The van der Waals surface area contributed by atoms with Crippen LogP contribution in [0.4, 0.5) is 5.69 Å². The topological polar surface area (TPSA) is 84.5 Å². The molecule has 0 atom stereocenters. The van der Waals surface area contributed by atoms with Crippen LogP contribution in [-0.4, -0.2) is 30.9 Å². The molecule has 0 bridgehead atoms. The van der Waals surface area contributed by atoms with Crippen molar-refractivity contribution in [3.05, 3.63) is 64.1 Å². The van der Waals surface area contributed by atoms with Gasteiger partial charge in [0, 0.05) is 15.7 Å². The molecule has 0 spiro atoms. The lowest BCUT2D eigenvalue weighted by molar-refractivity contribution is -0.146. The fourth-order valence-electron chi connectivity index (χ4n) is 2.00. The number of ether oxygens (including phenoxy) is 1. The number of nitrogens with one attached hydrogen (secondary N) is 2. The third-order valence-electron chi connectivity index (χ3n) is 3.15.